The van der Waals surface area contributed by atoms with Crippen molar-refractivity contribution in [3.63, 3.8) is 0 Å². The number of nitrogens with one attached hydrogen (secondary N) is 1. The first-order valence-electron chi connectivity index (χ1n) is 6.73. The van der Waals surface area contributed by atoms with Gasteiger partial charge in [-0.05, 0) is 18.6 Å². The second-order valence-electron chi connectivity index (χ2n) is 4.77. The van der Waals surface area contributed by atoms with Crippen LogP contribution in [0.2, 0.25) is 0 Å². The minimum atomic E-state index is -0.0239. The lowest BCUT2D eigenvalue weighted by atomic mass is 9.99. The number of carbonyl (C=O) groups is 1. The van der Waals surface area contributed by atoms with Crippen molar-refractivity contribution < 1.29 is 4.79 Å². The van der Waals surface area contributed by atoms with Gasteiger partial charge in [0.1, 0.15) is 0 Å². The van der Waals surface area contributed by atoms with Crippen molar-refractivity contribution in [3.05, 3.63) is 54.4 Å². The molecule has 19 heavy (non-hydrogen) atoms. The van der Waals surface area contributed by atoms with Gasteiger partial charge in [-0.1, -0.05) is 38.1 Å². The molecule has 1 atom stereocenters. The molecule has 1 aromatic rings. The summed E-state index contributed by atoms with van der Waals surface area (Å²) in [6.07, 6.45) is 7.12. The lowest BCUT2D eigenvalue weighted by Crippen LogP contribution is -2.25. The van der Waals surface area contributed by atoms with E-state index in [0.717, 1.165) is 24.2 Å². The fraction of sp³-hybridized carbons (Fsp3) is 0.312. The summed E-state index contributed by atoms with van der Waals surface area (Å²) >= 11 is 0. The van der Waals surface area contributed by atoms with Crippen LogP contribution in [-0.4, -0.2) is 17.4 Å². The minimum absolute atomic E-state index is 0.0239. The Labute approximate surface area is 114 Å². The number of hydrogen-bond acceptors (Lipinski definition) is 2. The molecule has 3 heteroatoms. The van der Waals surface area contributed by atoms with Crippen LogP contribution in [-0.2, 0) is 4.79 Å². The predicted molar refractivity (Wildman–Crippen MR) is 78.5 cm³/mol. The van der Waals surface area contributed by atoms with Crippen LogP contribution < -0.4 is 5.32 Å². The van der Waals surface area contributed by atoms with Gasteiger partial charge in [0.2, 0.25) is 0 Å². The number of hydrogen-bond donors (Lipinski definition) is 1. The maximum Gasteiger partial charge on any atom is 0.253 e. The summed E-state index contributed by atoms with van der Waals surface area (Å²) in [6, 6.07) is 9.55. The van der Waals surface area contributed by atoms with Gasteiger partial charge in [0, 0.05) is 36.1 Å². The van der Waals surface area contributed by atoms with E-state index < -0.39 is 0 Å². The molecule has 1 aliphatic rings. The predicted octanol–water partition coefficient (Wildman–Crippen LogP) is 3.38. The zero-order valence-corrected chi connectivity index (χ0v) is 11.5. The van der Waals surface area contributed by atoms with E-state index in [0.29, 0.717) is 0 Å². The van der Waals surface area contributed by atoms with Crippen molar-refractivity contribution in [2.45, 2.75) is 20.3 Å². The smallest absolute Gasteiger partial charge is 0.253 e. The zero-order valence-electron chi connectivity index (χ0n) is 11.5. The van der Waals surface area contributed by atoms with Crippen LogP contribution >= 0.6 is 0 Å². The first kappa shape index (κ1) is 13.4. The molecular formula is C16H20N2O. The van der Waals surface area contributed by atoms with Gasteiger partial charge in [-0.25, -0.2) is 0 Å². The van der Waals surface area contributed by atoms with Gasteiger partial charge in [-0.15, -0.1) is 0 Å². The first-order valence-corrected chi connectivity index (χ1v) is 6.73. The number of allylic oxidation sites excluding steroid dienone is 1. The number of nitrogens with zero attached hydrogens (tertiary/aromatic N) is 1. The van der Waals surface area contributed by atoms with Crippen LogP contribution in [0.3, 0.4) is 0 Å². The molecule has 1 aliphatic heterocycles. The van der Waals surface area contributed by atoms with E-state index in [1.54, 1.807) is 0 Å². The molecule has 1 N–H and O–H groups in total. The van der Waals surface area contributed by atoms with E-state index in [9.17, 15) is 4.79 Å². The Kier molecular flexibility index (Phi) is 4.39. The molecule has 1 aromatic carbocycles. The van der Waals surface area contributed by atoms with E-state index in [-0.39, 0.29) is 11.8 Å². The third-order valence-corrected chi connectivity index (χ3v) is 3.14. The maximum atomic E-state index is 12.3. The summed E-state index contributed by atoms with van der Waals surface area (Å²) in [5.41, 5.74) is 1.64. The highest BCUT2D eigenvalue weighted by Gasteiger charge is 2.19. The quantitative estimate of drug-likeness (QED) is 0.895. The van der Waals surface area contributed by atoms with Gasteiger partial charge < -0.3 is 10.2 Å². The minimum Gasteiger partial charge on any atom is -0.354 e. The maximum absolute atomic E-state index is 12.3. The SMILES string of the molecule is CCCN1C=C[C@@H](C)C(C(=O)Nc2ccccc2)=C1. The van der Waals surface area contributed by atoms with Gasteiger partial charge in [-0.3, -0.25) is 4.79 Å². The third kappa shape index (κ3) is 3.47. The van der Waals surface area contributed by atoms with E-state index in [4.69, 9.17) is 0 Å². The molecule has 2 rings (SSSR count). The molecule has 0 aliphatic carbocycles. The summed E-state index contributed by atoms with van der Waals surface area (Å²) in [6.45, 7) is 5.10. The average Bonchev–Trinajstić information content (AvgIpc) is 2.42. The standard InChI is InChI=1S/C16H20N2O/c1-3-10-18-11-9-13(2)15(12-18)16(19)17-14-7-5-4-6-8-14/h4-9,11-13H,3,10H2,1-2H3,(H,17,19)/t13-/m1/s1. The second kappa shape index (κ2) is 6.23. The van der Waals surface area contributed by atoms with Crippen LogP contribution in [0.1, 0.15) is 20.3 Å². The highest BCUT2D eigenvalue weighted by atomic mass is 16.1. The number of anilines is 1. The normalized spacial score (nSPS) is 18.1. The average molecular weight is 256 g/mol. The molecule has 0 saturated carbocycles. The van der Waals surface area contributed by atoms with Crippen LogP contribution in [0.15, 0.2) is 54.4 Å². The summed E-state index contributed by atoms with van der Waals surface area (Å²) in [5.74, 6) is 0.126. The number of rotatable bonds is 4. The van der Waals surface area contributed by atoms with Crippen molar-refractivity contribution >= 4 is 11.6 Å². The van der Waals surface area contributed by atoms with Crippen LogP contribution in [0.5, 0.6) is 0 Å². The summed E-state index contributed by atoms with van der Waals surface area (Å²) in [4.78, 5) is 14.4. The fourth-order valence-corrected chi connectivity index (χ4v) is 2.07. The van der Waals surface area contributed by atoms with Crippen molar-refractivity contribution in [3.8, 4) is 0 Å². The highest BCUT2D eigenvalue weighted by Crippen LogP contribution is 2.20. The Morgan fingerprint density at radius 3 is 2.74 bits per heavy atom. The number of amides is 1. The lowest BCUT2D eigenvalue weighted by molar-refractivity contribution is -0.113. The summed E-state index contributed by atoms with van der Waals surface area (Å²) in [7, 11) is 0. The zero-order chi connectivity index (χ0) is 13.7. The van der Waals surface area contributed by atoms with E-state index in [2.05, 4.69) is 23.2 Å². The number of carbonyl (C=O) groups excluding carboxylic acids is 1. The number of benzene rings is 1. The molecule has 1 amide bonds. The fourth-order valence-electron chi connectivity index (χ4n) is 2.07. The Morgan fingerprint density at radius 2 is 2.05 bits per heavy atom. The van der Waals surface area contributed by atoms with E-state index in [1.807, 2.05) is 49.7 Å². The Balaban J connectivity index is 2.09. The largest absolute Gasteiger partial charge is 0.354 e. The molecule has 1 heterocycles. The Bertz CT molecular complexity index is 491. The van der Waals surface area contributed by atoms with E-state index >= 15 is 0 Å². The first-order chi connectivity index (χ1) is 9.20. The van der Waals surface area contributed by atoms with Gasteiger partial charge in [0.25, 0.3) is 5.91 Å². The third-order valence-electron chi connectivity index (χ3n) is 3.14. The molecule has 0 bridgehead atoms. The van der Waals surface area contributed by atoms with Gasteiger partial charge in [-0.2, -0.15) is 0 Å². The monoisotopic (exact) mass is 256 g/mol. The molecule has 0 unspecified atom stereocenters. The van der Waals surface area contributed by atoms with Crippen molar-refractivity contribution in [2.24, 2.45) is 5.92 Å². The Hall–Kier alpha value is -2.03. The molecule has 100 valence electrons. The molecule has 0 aromatic heterocycles. The highest BCUT2D eigenvalue weighted by molar-refractivity contribution is 6.04. The van der Waals surface area contributed by atoms with Crippen molar-refractivity contribution in [1.29, 1.82) is 0 Å². The van der Waals surface area contributed by atoms with Crippen LogP contribution in [0.4, 0.5) is 5.69 Å². The molecule has 0 fully saturated rings. The topological polar surface area (TPSA) is 32.3 Å². The van der Waals surface area contributed by atoms with Gasteiger partial charge in [0.05, 0.1) is 0 Å². The molecule has 0 radical (unpaired) electrons. The Morgan fingerprint density at radius 1 is 1.32 bits per heavy atom. The van der Waals surface area contributed by atoms with Crippen LogP contribution in [0, 0.1) is 5.92 Å². The summed E-state index contributed by atoms with van der Waals surface area (Å²) < 4.78 is 0. The van der Waals surface area contributed by atoms with Crippen molar-refractivity contribution in [1.82, 2.24) is 4.90 Å². The number of para-hydroxylation sites is 1. The molecule has 0 saturated heterocycles. The second-order valence-corrected chi connectivity index (χ2v) is 4.77. The molecule has 0 spiro atoms. The summed E-state index contributed by atoms with van der Waals surface area (Å²) in [5, 5.41) is 2.94. The van der Waals surface area contributed by atoms with Gasteiger partial charge in [0.15, 0.2) is 0 Å². The molecular weight excluding hydrogens is 236 g/mol. The van der Waals surface area contributed by atoms with Crippen LogP contribution in [0.25, 0.3) is 0 Å². The van der Waals surface area contributed by atoms with Gasteiger partial charge >= 0.3 is 0 Å². The lowest BCUT2D eigenvalue weighted by Gasteiger charge is -2.24. The van der Waals surface area contributed by atoms with E-state index in [1.165, 1.54) is 0 Å². The van der Waals surface area contributed by atoms with Crippen molar-refractivity contribution in [2.75, 3.05) is 11.9 Å². The molecule has 3 nitrogen and oxygen atoms in total.